The Morgan fingerprint density at radius 2 is 1.40 bits per heavy atom. The van der Waals surface area contributed by atoms with Crippen LogP contribution in [-0.4, -0.2) is 17.8 Å². The molecule has 0 saturated heterocycles. The molecule has 1 N–H and O–H groups in total. The molecular weight excluding hydrogens is 350 g/mol. The molecule has 1 rings (SSSR count). The summed E-state index contributed by atoms with van der Waals surface area (Å²) in [6.07, 6.45) is -6.12. The van der Waals surface area contributed by atoms with Gasteiger partial charge in [-0.3, -0.25) is 0 Å². The van der Waals surface area contributed by atoms with Crippen molar-refractivity contribution >= 4 is 0 Å². The third kappa shape index (κ3) is 8.58. The molecule has 2 nitrogen and oxygen atoms in total. The largest absolute Gasteiger partial charge is 0.416 e. The molecular formula is C17H22F6O2. The van der Waals surface area contributed by atoms with E-state index < -0.39 is 23.5 Å². The lowest BCUT2D eigenvalue weighted by Gasteiger charge is -2.14. The van der Waals surface area contributed by atoms with Gasteiger partial charge in [-0.25, -0.2) is 0 Å². The number of aliphatic hydroxyl groups excluding tert-OH is 1. The molecule has 0 spiro atoms. The SMILES string of the molecule is CC(O)CCCCCCOCc1cc(C(F)(F)F)cc(C(F)(F)F)c1. The van der Waals surface area contributed by atoms with Crippen LogP contribution in [0.15, 0.2) is 18.2 Å². The van der Waals surface area contributed by atoms with Crippen molar-refractivity contribution < 1.29 is 36.2 Å². The molecule has 0 aromatic heterocycles. The summed E-state index contributed by atoms with van der Waals surface area (Å²) >= 11 is 0. The molecule has 0 aliphatic rings. The van der Waals surface area contributed by atoms with Gasteiger partial charge < -0.3 is 9.84 Å². The highest BCUT2D eigenvalue weighted by atomic mass is 19.4. The molecule has 1 aromatic carbocycles. The van der Waals surface area contributed by atoms with Gasteiger partial charge in [0, 0.05) is 6.61 Å². The monoisotopic (exact) mass is 372 g/mol. The van der Waals surface area contributed by atoms with Gasteiger partial charge in [-0.2, -0.15) is 26.3 Å². The van der Waals surface area contributed by atoms with Gasteiger partial charge in [-0.1, -0.05) is 19.3 Å². The van der Waals surface area contributed by atoms with E-state index in [-0.39, 0.29) is 30.9 Å². The van der Waals surface area contributed by atoms with E-state index in [1.165, 1.54) is 0 Å². The molecule has 0 radical (unpaired) electrons. The molecule has 0 bridgehead atoms. The van der Waals surface area contributed by atoms with Crippen LogP contribution in [-0.2, 0) is 23.7 Å². The first-order valence-electron chi connectivity index (χ1n) is 8.04. The van der Waals surface area contributed by atoms with Crippen molar-refractivity contribution in [3.05, 3.63) is 34.9 Å². The van der Waals surface area contributed by atoms with Crippen molar-refractivity contribution in [1.29, 1.82) is 0 Å². The number of hydrogen-bond donors (Lipinski definition) is 1. The molecule has 0 fully saturated rings. The molecule has 0 aliphatic carbocycles. The highest BCUT2D eigenvalue weighted by Crippen LogP contribution is 2.36. The molecule has 25 heavy (non-hydrogen) atoms. The molecule has 0 amide bonds. The fourth-order valence-electron chi connectivity index (χ4n) is 2.29. The quantitative estimate of drug-likeness (QED) is 0.453. The first kappa shape index (κ1) is 21.8. The van der Waals surface area contributed by atoms with Crippen molar-refractivity contribution in [3.63, 3.8) is 0 Å². The Labute approximate surface area is 142 Å². The average Bonchev–Trinajstić information content (AvgIpc) is 2.47. The Bertz CT molecular complexity index is 491. The van der Waals surface area contributed by atoms with Crippen molar-refractivity contribution in [1.82, 2.24) is 0 Å². The Balaban J connectivity index is 2.52. The Morgan fingerprint density at radius 3 is 1.88 bits per heavy atom. The second kappa shape index (κ2) is 9.43. The fourth-order valence-corrected chi connectivity index (χ4v) is 2.29. The second-order valence-corrected chi connectivity index (χ2v) is 6.02. The van der Waals surface area contributed by atoms with Crippen LogP contribution >= 0.6 is 0 Å². The van der Waals surface area contributed by atoms with E-state index in [4.69, 9.17) is 9.84 Å². The molecule has 1 atom stereocenters. The van der Waals surface area contributed by atoms with Gasteiger partial charge in [0.1, 0.15) is 0 Å². The third-order valence-corrected chi connectivity index (χ3v) is 3.58. The van der Waals surface area contributed by atoms with Crippen molar-refractivity contribution in [2.24, 2.45) is 0 Å². The normalized spacial score (nSPS) is 13.9. The maximum Gasteiger partial charge on any atom is 0.416 e. The average molecular weight is 372 g/mol. The highest BCUT2D eigenvalue weighted by molar-refractivity contribution is 5.33. The number of hydrogen-bond acceptors (Lipinski definition) is 2. The van der Waals surface area contributed by atoms with Crippen LogP contribution in [0.2, 0.25) is 0 Å². The summed E-state index contributed by atoms with van der Waals surface area (Å²) in [5.41, 5.74) is -2.82. The zero-order valence-electron chi connectivity index (χ0n) is 13.9. The lowest BCUT2D eigenvalue weighted by molar-refractivity contribution is -0.143. The van der Waals surface area contributed by atoms with Gasteiger partial charge in [-0.15, -0.1) is 0 Å². The van der Waals surface area contributed by atoms with Crippen LogP contribution in [0.1, 0.15) is 55.7 Å². The van der Waals surface area contributed by atoms with Gasteiger partial charge in [0.25, 0.3) is 0 Å². The number of ether oxygens (including phenoxy) is 1. The zero-order valence-corrected chi connectivity index (χ0v) is 13.9. The maximum atomic E-state index is 12.7. The standard InChI is InChI=1S/C17H22F6O2/c1-12(24)6-4-2-3-5-7-25-11-13-8-14(16(18,19)20)10-15(9-13)17(21,22)23/h8-10,12,24H,2-7,11H2,1H3. The van der Waals surface area contributed by atoms with E-state index >= 15 is 0 Å². The van der Waals surface area contributed by atoms with Crippen LogP contribution in [0, 0.1) is 0 Å². The first-order chi connectivity index (χ1) is 11.5. The van der Waals surface area contributed by atoms with Crippen LogP contribution in [0.3, 0.4) is 0 Å². The minimum absolute atomic E-state index is 0.103. The van der Waals surface area contributed by atoms with E-state index in [0.29, 0.717) is 25.0 Å². The molecule has 144 valence electrons. The molecule has 0 heterocycles. The first-order valence-corrected chi connectivity index (χ1v) is 8.04. The summed E-state index contributed by atoms with van der Waals surface area (Å²) < 4.78 is 81.6. The Morgan fingerprint density at radius 1 is 0.880 bits per heavy atom. The van der Waals surface area contributed by atoms with E-state index in [1.807, 2.05) is 0 Å². The predicted octanol–water partition coefficient (Wildman–Crippen LogP) is 5.57. The van der Waals surface area contributed by atoms with Crippen LogP contribution in [0.5, 0.6) is 0 Å². The van der Waals surface area contributed by atoms with Crippen molar-refractivity contribution in [2.75, 3.05) is 6.61 Å². The van der Waals surface area contributed by atoms with Crippen molar-refractivity contribution in [2.45, 2.75) is 64.1 Å². The Kier molecular flexibility index (Phi) is 8.21. The van der Waals surface area contributed by atoms with E-state index in [1.54, 1.807) is 6.92 Å². The third-order valence-electron chi connectivity index (χ3n) is 3.58. The lowest BCUT2D eigenvalue weighted by Crippen LogP contribution is -2.12. The highest BCUT2D eigenvalue weighted by Gasteiger charge is 2.36. The summed E-state index contributed by atoms with van der Waals surface area (Å²) in [4.78, 5) is 0. The van der Waals surface area contributed by atoms with Gasteiger partial charge in [-0.05, 0) is 43.5 Å². The predicted molar refractivity (Wildman–Crippen MR) is 80.9 cm³/mol. The molecule has 8 heteroatoms. The summed E-state index contributed by atoms with van der Waals surface area (Å²) in [5.74, 6) is 0. The molecule has 0 saturated carbocycles. The van der Waals surface area contributed by atoms with Gasteiger partial charge in [0.15, 0.2) is 0 Å². The van der Waals surface area contributed by atoms with E-state index in [2.05, 4.69) is 0 Å². The number of halogens is 6. The summed E-state index contributed by atoms with van der Waals surface area (Å²) in [6.45, 7) is 1.65. The van der Waals surface area contributed by atoms with Crippen LogP contribution < -0.4 is 0 Å². The molecule has 1 aromatic rings. The summed E-state index contributed by atoms with van der Waals surface area (Å²) in [6, 6.07) is 1.46. The van der Waals surface area contributed by atoms with Gasteiger partial charge in [0.05, 0.1) is 23.8 Å². The number of benzene rings is 1. The van der Waals surface area contributed by atoms with E-state index in [0.717, 1.165) is 19.3 Å². The van der Waals surface area contributed by atoms with Gasteiger partial charge >= 0.3 is 12.4 Å². The lowest BCUT2D eigenvalue weighted by atomic mass is 10.1. The topological polar surface area (TPSA) is 29.5 Å². The van der Waals surface area contributed by atoms with Crippen LogP contribution in [0.25, 0.3) is 0 Å². The number of aliphatic hydroxyl groups is 1. The minimum Gasteiger partial charge on any atom is -0.393 e. The minimum atomic E-state index is -4.85. The molecule has 0 aliphatic heterocycles. The second-order valence-electron chi connectivity index (χ2n) is 6.02. The number of unbranched alkanes of at least 4 members (excludes halogenated alkanes) is 3. The van der Waals surface area contributed by atoms with E-state index in [9.17, 15) is 26.3 Å². The Hall–Kier alpha value is -1.28. The maximum absolute atomic E-state index is 12.7. The summed E-state index contributed by atoms with van der Waals surface area (Å²) in [5, 5.41) is 9.09. The van der Waals surface area contributed by atoms with Gasteiger partial charge in [0.2, 0.25) is 0 Å². The molecule has 1 unspecified atom stereocenters. The zero-order chi connectivity index (χ0) is 19.1. The van der Waals surface area contributed by atoms with Crippen LogP contribution in [0.4, 0.5) is 26.3 Å². The van der Waals surface area contributed by atoms with Crippen molar-refractivity contribution in [3.8, 4) is 0 Å². The number of rotatable bonds is 9. The fraction of sp³-hybridized carbons (Fsp3) is 0.647. The number of alkyl halides is 6. The summed E-state index contributed by atoms with van der Waals surface area (Å²) in [7, 11) is 0. The smallest absolute Gasteiger partial charge is 0.393 e.